The monoisotopic (exact) mass is 428 g/mol. The lowest BCUT2D eigenvalue weighted by Crippen LogP contribution is -2.52. The summed E-state index contributed by atoms with van der Waals surface area (Å²) in [5, 5.41) is 0. The van der Waals surface area contributed by atoms with Gasteiger partial charge in [0.2, 0.25) is 5.91 Å². The smallest absolute Gasteiger partial charge is 0.258 e. The van der Waals surface area contributed by atoms with Gasteiger partial charge in [-0.25, -0.2) is 0 Å². The fourth-order valence-corrected chi connectivity index (χ4v) is 5.73. The van der Waals surface area contributed by atoms with Crippen molar-refractivity contribution in [3.05, 3.63) is 59.7 Å². The van der Waals surface area contributed by atoms with E-state index in [9.17, 15) is 14.4 Å². The minimum absolute atomic E-state index is 0.0209. The van der Waals surface area contributed by atoms with Crippen molar-refractivity contribution >= 4 is 37.1 Å². The summed E-state index contributed by atoms with van der Waals surface area (Å²) < 4.78 is 0. The zero-order chi connectivity index (χ0) is 22.2. The summed E-state index contributed by atoms with van der Waals surface area (Å²) in [4.78, 5) is 42.0. The molecule has 32 heavy (non-hydrogen) atoms. The molecule has 6 heteroatoms. The summed E-state index contributed by atoms with van der Waals surface area (Å²) in [6.45, 7) is 0. The Morgan fingerprint density at radius 2 is 1.78 bits per heavy atom. The number of nitrogens with zero attached hydrogens (tertiary/aromatic N) is 2. The van der Waals surface area contributed by atoms with Gasteiger partial charge in [0, 0.05) is 42.1 Å². The molecule has 3 aliphatic rings. The van der Waals surface area contributed by atoms with Crippen molar-refractivity contribution in [2.45, 2.75) is 63.1 Å². The number of hydrogen-bond donors (Lipinski definition) is 0. The molecule has 2 saturated carbocycles. The van der Waals surface area contributed by atoms with Crippen LogP contribution in [0.5, 0.6) is 0 Å². The van der Waals surface area contributed by atoms with E-state index in [1.54, 1.807) is 0 Å². The van der Waals surface area contributed by atoms with Gasteiger partial charge in [0.1, 0.15) is 14.1 Å². The van der Waals surface area contributed by atoms with Gasteiger partial charge in [0.25, 0.3) is 5.91 Å². The van der Waals surface area contributed by atoms with E-state index in [0.29, 0.717) is 5.56 Å². The van der Waals surface area contributed by atoms with E-state index in [1.165, 1.54) is 0 Å². The normalized spacial score (nSPS) is 23.9. The third-order valence-electron chi connectivity index (χ3n) is 7.31. The highest BCUT2D eigenvalue weighted by molar-refractivity contribution is 6.32. The van der Waals surface area contributed by atoms with Crippen LogP contribution in [0, 0.1) is 5.92 Å². The summed E-state index contributed by atoms with van der Waals surface area (Å²) in [6.07, 6.45) is 6.42. The van der Waals surface area contributed by atoms with Gasteiger partial charge < -0.3 is 14.6 Å². The molecule has 2 amide bonds. The van der Waals surface area contributed by atoms with E-state index in [2.05, 4.69) is 11.0 Å². The Morgan fingerprint density at radius 3 is 2.50 bits per heavy atom. The summed E-state index contributed by atoms with van der Waals surface area (Å²) >= 11 is 0. The molecule has 0 saturated heterocycles. The van der Waals surface area contributed by atoms with E-state index in [0.717, 1.165) is 55.1 Å². The van der Waals surface area contributed by atoms with Crippen molar-refractivity contribution < 1.29 is 14.4 Å². The second-order valence-corrected chi connectivity index (χ2v) is 9.44. The lowest BCUT2D eigenvalue weighted by molar-refractivity contribution is -0.136. The van der Waals surface area contributed by atoms with E-state index >= 15 is 0 Å². The minimum Gasteiger partial charge on any atom is -0.332 e. The molecular formula is C26H29BN2O3. The number of aldehydes is 1. The van der Waals surface area contributed by atoms with E-state index < -0.39 is 0 Å². The van der Waals surface area contributed by atoms with Gasteiger partial charge >= 0.3 is 0 Å². The van der Waals surface area contributed by atoms with Gasteiger partial charge in [0.15, 0.2) is 0 Å². The molecule has 3 unspecified atom stereocenters. The van der Waals surface area contributed by atoms with Crippen molar-refractivity contribution in [1.29, 1.82) is 0 Å². The molecule has 1 heterocycles. The molecule has 2 aromatic carbocycles. The number of benzene rings is 2. The molecule has 0 aromatic heterocycles. The van der Waals surface area contributed by atoms with Crippen LogP contribution >= 0.6 is 0 Å². The first-order valence-corrected chi connectivity index (χ1v) is 11.8. The van der Waals surface area contributed by atoms with Crippen LogP contribution in [-0.2, 0) is 9.59 Å². The van der Waals surface area contributed by atoms with Gasteiger partial charge in [-0.2, -0.15) is 0 Å². The van der Waals surface area contributed by atoms with Gasteiger partial charge in [-0.1, -0.05) is 54.3 Å². The molecule has 5 nitrogen and oxygen atoms in total. The van der Waals surface area contributed by atoms with Gasteiger partial charge in [-0.15, -0.1) is 0 Å². The number of carbonyl (C=O) groups is 3. The number of anilines is 1. The second kappa shape index (κ2) is 8.57. The van der Waals surface area contributed by atoms with Crippen molar-refractivity contribution in [3.8, 4) is 0 Å². The molecule has 3 atom stereocenters. The third kappa shape index (κ3) is 3.66. The van der Waals surface area contributed by atoms with Crippen LogP contribution < -0.4 is 10.4 Å². The molecule has 1 aliphatic heterocycles. The lowest BCUT2D eigenvalue weighted by atomic mass is 9.81. The molecule has 0 N–H and O–H groups in total. The molecule has 164 valence electrons. The Labute approximate surface area is 190 Å². The largest absolute Gasteiger partial charge is 0.332 e. The van der Waals surface area contributed by atoms with Crippen molar-refractivity contribution in [1.82, 2.24) is 4.90 Å². The predicted molar refractivity (Wildman–Crippen MR) is 127 cm³/mol. The Bertz CT molecular complexity index is 1030. The summed E-state index contributed by atoms with van der Waals surface area (Å²) in [5.41, 5.74) is 3.84. The maximum atomic E-state index is 13.7. The SMILES string of the molecule is Bc1ccc(C(=O)N2c3ccccc3C(N(C(=O)CCC=O)C3CC3)C3CCCC32)cc1. The van der Waals surface area contributed by atoms with Gasteiger partial charge in [0.05, 0.1) is 6.04 Å². The molecular weight excluding hydrogens is 399 g/mol. The number of para-hydroxylation sites is 1. The van der Waals surface area contributed by atoms with Crippen LogP contribution in [0.4, 0.5) is 5.69 Å². The van der Waals surface area contributed by atoms with Gasteiger partial charge in [-0.3, -0.25) is 9.59 Å². The number of amides is 2. The molecule has 0 bridgehead atoms. The second-order valence-electron chi connectivity index (χ2n) is 9.44. The van der Waals surface area contributed by atoms with Crippen molar-refractivity contribution in [2.75, 3.05) is 4.90 Å². The molecule has 2 fully saturated rings. The highest BCUT2D eigenvalue weighted by Crippen LogP contribution is 2.52. The molecule has 2 aliphatic carbocycles. The average molecular weight is 428 g/mol. The van der Waals surface area contributed by atoms with E-state index in [1.807, 2.05) is 55.2 Å². The predicted octanol–water partition coefficient (Wildman–Crippen LogP) is 2.79. The number of hydrogen-bond acceptors (Lipinski definition) is 3. The zero-order valence-corrected chi connectivity index (χ0v) is 18.6. The maximum Gasteiger partial charge on any atom is 0.258 e. The van der Waals surface area contributed by atoms with Crippen molar-refractivity contribution in [3.63, 3.8) is 0 Å². The Morgan fingerprint density at radius 1 is 1.03 bits per heavy atom. The first kappa shape index (κ1) is 21.0. The highest BCUT2D eigenvalue weighted by atomic mass is 16.2. The fourth-order valence-electron chi connectivity index (χ4n) is 5.73. The zero-order valence-electron chi connectivity index (χ0n) is 18.6. The Kier molecular flexibility index (Phi) is 5.62. The van der Waals surface area contributed by atoms with Crippen LogP contribution in [0.2, 0.25) is 0 Å². The lowest BCUT2D eigenvalue weighted by Gasteiger charge is -2.48. The first-order valence-electron chi connectivity index (χ1n) is 11.8. The molecule has 5 rings (SSSR count). The molecule has 2 aromatic rings. The van der Waals surface area contributed by atoms with Crippen LogP contribution in [0.25, 0.3) is 0 Å². The average Bonchev–Trinajstić information content (AvgIpc) is 3.53. The fraction of sp³-hybridized carbons (Fsp3) is 0.423. The summed E-state index contributed by atoms with van der Waals surface area (Å²) in [5.74, 6) is 0.335. The van der Waals surface area contributed by atoms with E-state index in [4.69, 9.17) is 0 Å². The standard InChI is InChI=1S/C26H29BN2O3/c27-18-12-10-17(11-13-18)26(32)29-22-7-2-1-5-20(22)25(21-6-3-8-23(21)29)28(19-14-15-19)24(31)9-4-16-30/h1-2,5,7,10-13,16,19,21,23,25H,3-4,6,8-9,14-15,27H2. The van der Waals surface area contributed by atoms with Crippen LogP contribution in [0.3, 0.4) is 0 Å². The highest BCUT2D eigenvalue weighted by Gasteiger charge is 2.51. The topological polar surface area (TPSA) is 57.7 Å². The number of fused-ring (bicyclic) bond motifs is 2. The quantitative estimate of drug-likeness (QED) is 0.525. The summed E-state index contributed by atoms with van der Waals surface area (Å²) in [6, 6.07) is 16.2. The van der Waals surface area contributed by atoms with Crippen molar-refractivity contribution in [2.24, 2.45) is 5.92 Å². The van der Waals surface area contributed by atoms with Crippen LogP contribution in [0.15, 0.2) is 48.5 Å². The Balaban J connectivity index is 1.57. The Hall–Kier alpha value is -2.89. The third-order valence-corrected chi connectivity index (χ3v) is 7.31. The van der Waals surface area contributed by atoms with Gasteiger partial charge in [-0.05, 0) is 37.3 Å². The molecule has 0 radical (unpaired) electrons. The molecule has 0 spiro atoms. The van der Waals surface area contributed by atoms with E-state index in [-0.39, 0.29) is 48.7 Å². The number of rotatable bonds is 6. The number of carbonyl (C=O) groups excluding carboxylic acids is 3. The minimum atomic E-state index is -0.0209. The first-order chi connectivity index (χ1) is 15.6. The van der Waals surface area contributed by atoms with Crippen LogP contribution in [-0.4, -0.2) is 42.9 Å². The summed E-state index contributed by atoms with van der Waals surface area (Å²) in [7, 11) is 2.02. The maximum absolute atomic E-state index is 13.7. The van der Waals surface area contributed by atoms with Crippen LogP contribution in [0.1, 0.15) is 66.9 Å².